The van der Waals surface area contributed by atoms with Gasteiger partial charge < -0.3 is 10.1 Å². The number of nitrogens with zero attached hydrogens (tertiary/aromatic N) is 2. The average molecular weight is 398 g/mol. The largest absolute Gasteiger partial charge is 0.481 e. The van der Waals surface area contributed by atoms with Crippen molar-refractivity contribution >= 4 is 33.2 Å². The maximum atomic E-state index is 12.5. The molecule has 1 fully saturated rings. The van der Waals surface area contributed by atoms with Crippen LogP contribution in [0.15, 0.2) is 30.3 Å². The quantitative estimate of drug-likeness (QED) is 0.837. The number of halogens is 1. The molecular formula is C17H20ClN3O4S. The third-order valence-corrected chi connectivity index (χ3v) is 6.13. The fourth-order valence-corrected chi connectivity index (χ4v) is 4.75. The molecule has 0 saturated carbocycles. The van der Waals surface area contributed by atoms with Crippen LogP contribution in [-0.4, -0.2) is 41.7 Å². The van der Waals surface area contributed by atoms with Crippen LogP contribution in [0, 0.1) is 6.92 Å². The average Bonchev–Trinajstić information content (AvgIpc) is 3.09. The van der Waals surface area contributed by atoms with Crippen LogP contribution in [0.25, 0.3) is 0 Å². The van der Waals surface area contributed by atoms with Crippen LogP contribution in [0.1, 0.15) is 25.1 Å². The summed E-state index contributed by atoms with van der Waals surface area (Å²) in [5.41, 5.74) is 0.702. The Kier molecular flexibility index (Phi) is 5.24. The van der Waals surface area contributed by atoms with Crippen molar-refractivity contribution in [3.8, 4) is 5.75 Å². The molecule has 1 aliphatic rings. The van der Waals surface area contributed by atoms with Gasteiger partial charge in [0.15, 0.2) is 15.9 Å². The first-order valence-electron chi connectivity index (χ1n) is 8.23. The number of aromatic nitrogens is 2. The number of hydrogen-bond acceptors (Lipinski definition) is 5. The molecule has 0 aliphatic carbocycles. The Balaban J connectivity index is 1.71. The summed E-state index contributed by atoms with van der Waals surface area (Å²) >= 11 is 5.92. The lowest BCUT2D eigenvalue weighted by atomic mass is 10.2. The molecule has 2 aromatic rings. The molecule has 3 rings (SSSR count). The highest BCUT2D eigenvalue weighted by Gasteiger charge is 2.31. The van der Waals surface area contributed by atoms with Crippen molar-refractivity contribution in [2.45, 2.75) is 32.4 Å². The third-order valence-electron chi connectivity index (χ3n) is 4.14. The second-order valence-electron chi connectivity index (χ2n) is 6.38. The van der Waals surface area contributed by atoms with Crippen molar-refractivity contribution in [2.24, 2.45) is 0 Å². The predicted octanol–water partition coefficient (Wildman–Crippen LogP) is 2.61. The highest BCUT2D eigenvalue weighted by Crippen LogP contribution is 2.27. The van der Waals surface area contributed by atoms with Gasteiger partial charge in [0.1, 0.15) is 11.6 Å². The molecule has 0 bridgehead atoms. The Labute approximate surface area is 157 Å². The fraction of sp³-hybridized carbons (Fsp3) is 0.412. The first-order valence-corrected chi connectivity index (χ1v) is 10.4. The second kappa shape index (κ2) is 7.28. The minimum absolute atomic E-state index is 0.0333. The lowest BCUT2D eigenvalue weighted by Gasteiger charge is -2.17. The van der Waals surface area contributed by atoms with Gasteiger partial charge in [-0.15, -0.1) is 0 Å². The fourth-order valence-electron chi connectivity index (χ4n) is 2.88. The van der Waals surface area contributed by atoms with E-state index in [9.17, 15) is 13.2 Å². The Bertz CT molecular complexity index is 926. The number of rotatable bonds is 5. The van der Waals surface area contributed by atoms with E-state index in [0.29, 0.717) is 28.7 Å². The number of ether oxygens (including phenoxy) is 1. The molecule has 1 aliphatic heterocycles. The van der Waals surface area contributed by atoms with Gasteiger partial charge in [-0.2, -0.15) is 5.10 Å². The summed E-state index contributed by atoms with van der Waals surface area (Å²) in [7, 11) is -3.05. The lowest BCUT2D eigenvalue weighted by Crippen LogP contribution is -2.31. The molecule has 0 spiro atoms. The summed E-state index contributed by atoms with van der Waals surface area (Å²) in [6, 6.07) is 8.25. The second-order valence-corrected chi connectivity index (χ2v) is 9.04. The molecule has 0 radical (unpaired) electrons. The summed E-state index contributed by atoms with van der Waals surface area (Å²) < 4.78 is 30.7. The van der Waals surface area contributed by atoms with Gasteiger partial charge in [-0.25, -0.2) is 13.1 Å². The van der Waals surface area contributed by atoms with Crippen molar-refractivity contribution in [2.75, 3.05) is 16.8 Å². The van der Waals surface area contributed by atoms with E-state index in [4.69, 9.17) is 16.3 Å². The minimum Gasteiger partial charge on any atom is -0.481 e. The Morgan fingerprint density at radius 1 is 1.42 bits per heavy atom. The van der Waals surface area contributed by atoms with Crippen molar-refractivity contribution in [1.82, 2.24) is 9.78 Å². The molecule has 9 heteroatoms. The molecule has 2 heterocycles. The van der Waals surface area contributed by atoms with E-state index in [1.807, 2.05) is 0 Å². The molecule has 1 saturated heterocycles. The first kappa shape index (κ1) is 18.7. The number of amides is 1. The molecule has 1 amide bonds. The molecule has 1 aromatic heterocycles. The van der Waals surface area contributed by atoms with E-state index in [1.54, 1.807) is 48.9 Å². The highest BCUT2D eigenvalue weighted by molar-refractivity contribution is 7.91. The van der Waals surface area contributed by atoms with Crippen LogP contribution in [0.2, 0.25) is 5.02 Å². The standard InChI is InChI=1S/C17H20ClN3O4S/c1-11-8-16(21(20-11)14-6-7-26(23,24)10-14)19-17(22)12(2)25-15-5-3-4-13(18)9-15/h3-5,8-9,12,14H,6-7,10H2,1-2H3,(H,19,22). The van der Waals surface area contributed by atoms with Gasteiger partial charge in [0.25, 0.3) is 5.91 Å². The topological polar surface area (TPSA) is 90.3 Å². The zero-order valence-electron chi connectivity index (χ0n) is 14.5. The van der Waals surface area contributed by atoms with Gasteiger partial charge >= 0.3 is 0 Å². The summed E-state index contributed by atoms with van der Waals surface area (Å²) in [6.07, 6.45) is -0.273. The summed E-state index contributed by atoms with van der Waals surface area (Å²) in [5, 5.41) is 7.64. The normalized spacial score (nSPS) is 19.9. The number of benzene rings is 1. The number of carbonyl (C=O) groups is 1. The smallest absolute Gasteiger partial charge is 0.266 e. The summed E-state index contributed by atoms with van der Waals surface area (Å²) in [4.78, 5) is 12.5. The number of aryl methyl sites for hydroxylation is 1. The van der Waals surface area contributed by atoms with E-state index in [-0.39, 0.29) is 23.5 Å². The van der Waals surface area contributed by atoms with Gasteiger partial charge in [0, 0.05) is 11.1 Å². The van der Waals surface area contributed by atoms with Crippen LogP contribution >= 0.6 is 11.6 Å². The molecular weight excluding hydrogens is 378 g/mol. The van der Waals surface area contributed by atoms with Crippen LogP contribution < -0.4 is 10.1 Å². The lowest BCUT2D eigenvalue weighted by molar-refractivity contribution is -0.122. The molecule has 140 valence electrons. The van der Waals surface area contributed by atoms with Gasteiger partial charge in [-0.1, -0.05) is 17.7 Å². The summed E-state index contributed by atoms with van der Waals surface area (Å²) in [6.45, 7) is 3.42. The zero-order chi connectivity index (χ0) is 18.9. The van der Waals surface area contributed by atoms with Crippen LogP contribution in [0.3, 0.4) is 0 Å². The van der Waals surface area contributed by atoms with Gasteiger partial charge in [0.05, 0.1) is 23.2 Å². The van der Waals surface area contributed by atoms with E-state index in [0.717, 1.165) is 0 Å². The molecule has 1 N–H and O–H groups in total. The SMILES string of the molecule is Cc1cc(NC(=O)C(C)Oc2cccc(Cl)c2)n(C2CCS(=O)(=O)C2)n1. The number of sulfone groups is 1. The van der Waals surface area contributed by atoms with Crippen LogP contribution in [0.4, 0.5) is 5.82 Å². The van der Waals surface area contributed by atoms with E-state index < -0.39 is 15.9 Å². The number of hydrogen-bond donors (Lipinski definition) is 1. The molecule has 1 aromatic carbocycles. The molecule has 26 heavy (non-hydrogen) atoms. The van der Waals surface area contributed by atoms with Gasteiger partial charge in [-0.3, -0.25) is 4.79 Å². The Hall–Kier alpha value is -2.06. The van der Waals surface area contributed by atoms with Gasteiger partial charge in [0.2, 0.25) is 0 Å². The van der Waals surface area contributed by atoms with Crippen LogP contribution in [0.5, 0.6) is 5.75 Å². The van der Waals surface area contributed by atoms with Crippen molar-refractivity contribution in [1.29, 1.82) is 0 Å². The maximum absolute atomic E-state index is 12.5. The van der Waals surface area contributed by atoms with E-state index in [2.05, 4.69) is 10.4 Å². The molecule has 7 nitrogen and oxygen atoms in total. The first-order chi connectivity index (χ1) is 12.2. The third kappa shape index (κ3) is 4.37. The van der Waals surface area contributed by atoms with Crippen molar-refractivity contribution in [3.05, 3.63) is 41.0 Å². The molecule has 2 unspecified atom stereocenters. The predicted molar refractivity (Wildman–Crippen MR) is 99.4 cm³/mol. The minimum atomic E-state index is -3.05. The summed E-state index contributed by atoms with van der Waals surface area (Å²) in [5.74, 6) is 0.777. The van der Waals surface area contributed by atoms with Crippen molar-refractivity contribution in [3.63, 3.8) is 0 Å². The highest BCUT2D eigenvalue weighted by atomic mass is 35.5. The molecule has 2 atom stereocenters. The number of anilines is 1. The van der Waals surface area contributed by atoms with E-state index >= 15 is 0 Å². The zero-order valence-corrected chi connectivity index (χ0v) is 16.0. The monoisotopic (exact) mass is 397 g/mol. The maximum Gasteiger partial charge on any atom is 0.266 e. The van der Waals surface area contributed by atoms with Crippen molar-refractivity contribution < 1.29 is 17.9 Å². The number of nitrogens with one attached hydrogen (secondary N) is 1. The number of carbonyl (C=O) groups excluding carboxylic acids is 1. The van der Waals surface area contributed by atoms with E-state index in [1.165, 1.54) is 0 Å². The Morgan fingerprint density at radius 3 is 2.85 bits per heavy atom. The van der Waals surface area contributed by atoms with Crippen LogP contribution in [-0.2, 0) is 14.6 Å². The van der Waals surface area contributed by atoms with Gasteiger partial charge in [-0.05, 0) is 38.5 Å². The Morgan fingerprint density at radius 2 is 2.19 bits per heavy atom.